The van der Waals surface area contributed by atoms with Crippen molar-refractivity contribution in [3.8, 4) is 23.0 Å². The molecule has 0 atom stereocenters. The summed E-state index contributed by atoms with van der Waals surface area (Å²) in [6.45, 7) is 1.06. The summed E-state index contributed by atoms with van der Waals surface area (Å²) in [6.07, 6.45) is 2.78. The quantitative estimate of drug-likeness (QED) is 0.559. The summed E-state index contributed by atoms with van der Waals surface area (Å²) in [4.78, 5) is 25.9. The number of amides is 2. The predicted molar refractivity (Wildman–Crippen MR) is 115 cm³/mol. The van der Waals surface area contributed by atoms with Gasteiger partial charge in [-0.2, -0.15) is 0 Å². The average Bonchev–Trinajstić information content (AvgIpc) is 3.47. The number of methoxy groups -OCH3 is 1. The summed E-state index contributed by atoms with van der Waals surface area (Å²) in [6, 6.07) is 11.1. The number of carbonyl (C=O) groups is 2. The molecule has 31 heavy (non-hydrogen) atoms. The van der Waals surface area contributed by atoms with Crippen molar-refractivity contribution in [2.75, 3.05) is 26.0 Å². The number of hydrogen-bond donors (Lipinski definition) is 1. The van der Waals surface area contributed by atoms with Crippen LogP contribution in [0.1, 0.15) is 12.8 Å². The molecule has 1 aliphatic heterocycles. The average molecular weight is 442 g/mol. The molecule has 1 aliphatic rings. The number of primary amides is 1. The van der Waals surface area contributed by atoms with Crippen LogP contribution in [0, 0.1) is 5.92 Å². The number of carbonyl (C=O) groups excluding carboxylic acids is 2. The normalized spacial score (nSPS) is 14.5. The lowest BCUT2D eigenvalue weighted by molar-refractivity contribution is -0.132. The molecule has 0 saturated carbocycles. The van der Waals surface area contributed by atoms with Gasteiger partial charge in [-0.1, -0.05) is 23.9 Å². The summed E-state index contributed by atoms with van der Waals surface area (Å²) in [5, 5.41) is 9.15. The molecule has 1 saturated heterocycles. The van der Waals surface area contributed by atoms with Crippen LogP contribution >= 0.6 is 11.8 Å². The molecule has 4 rings (SSSR count). The van der Waals surface area contributed by atoms with Gasteiger partial charge in [-0.3, -0.25) is 14.2 Å². The van der Waals surface area contributed by atoms with Gasteiger partial charge in [0.15, 0.2) is 10.9 Å². The molecule has 10 heteroatoms. The van der Waals surface area contributed by atoms with Gasteiger partial charge < -0.3 is 19.8 Å². The number of ether oxygens (including phenoxy) is 1. The number of para-hydroxylation sites is 2. The van der Waals surface area contributed by atoms with Crippen molar-refractivity contribution in [3.05, 3.63) is 42.7 Å². The van der Waals surface area contributed by atoms with E-state index in [1.165, 1.54) is 11.8 Å². The second kappa shape index (κ2) is 9.25. The lowest BCUT2D eigenvalue weighted by Gasteiger charge is -2.30. The van der Waals surface area contributed by atoms with Gasteiger partial charge in [0, 0.05) is 19.0 Å². The van der Waals surface area contributed by atoms with Crippen molar-refractivity contribution in [2.45, 2.75) is 18.0 Å². The Hall–Kier alpha value is -3.27. The van der Waals surface area contributed by atoms with Gasteiger partial charge in [-0.15, -0.1) is 10.2 Å². The monoisotopic (exact) mass is 441 g/mol. The highest BCUT2D eigenvalue weighted by molar-refractivity contribution is 7.99. The highest BCUT2D eigenvalue weighted by Crippen LogP contribution is 2.32. The number of benzene rings is 1. The van der Waals surface area contributed by atoms with E-state index in [0.717, 1.165) is 5.69 Å². The first-order valence-electron chi connectivity index (χ1n) is 9.91. The Morgan fingerprint density at radius 2 is 1.97 bits per heavy atom. The maximum Gasteiger partial charge on any atom is 0.233 e. The Bertz CT molecular complexity index is 1060. The minimum Gasteiger partial charge on any atom is -0.495 e. The van der Waals surface area contributed by atoms with Gasteiger partial charge in [0.25, 0.3) is 0 Å². The summed E-state index contributed by atoms with van der Waals surface area (Å²) in [5.41, 5.74) is 6.13. The lowest BCUT2D eigenvalue weighted by Crippen LogP contribution is -2.42. The van der Waals surface area contributed by atoms with Crippen LogP contribution in [0.2, 0.25) is 0 Å². The third-order valence-corrected chi connectivity index (χ3v) is 6.19. The number of thioether (sulfide) groups is 1. The molecule has 162 valence electrons. The van der Waals surface area contributed by atoms with Crippen molar-refractivity contribution in [1.82, 2.24) is 19.7 Å². The van der Waals surface area contributed by atoms with Crippen molar-refractivity contribution in [3.63, 3.8) is 0 Å². The van der Waals surface area contributed by atoms with Gasteiger partial charge in [0.1, 0.15) is 5.75 Å². The maximum atomic E-state index is 12.7. The standard InChI is InChI=1S/C21H23N5O4S/c1-29-16-6-3-2-5-15(16)26-20(17-7-4-12-30-17)23-24-21(26)31-13-18(27)25-10-8-14(9-11-25)19(22)28/h2-7,12,14H,8-11,13H2,1H3,(H2,22,28). The minimum atomic E-state index is -0.295. The summed E-state index contributed by atoms with van der Waals surface area (Å²) >= 11 is 1.30. The Balaban J connectivity index is 1.55. The largest absolute Gasteiger partial charge is 0.495 e. The van der Waals surface area contributed by atoms with E-state index < -0.39 is 0 Å². The van der Waals surface area contributed by atoms with Crippen LogP contribution in [0.5, 0.6) is 5.75 Å². The van der Waals surface area contributed by atoms with E-state index in [1.54, 1.807) is 30.4 Å². The number of rotatable bonds is 7. The molecule has 1 aromatic carbocycles. The first-order chi connectivity index (χ1) is 15.1. The molecule has 0 radical (unpaired) electrons. The first kappa shape index (κ1) is 21.0. The zero-order valence-electron chi connectivity index (χ0n) is 17.1. The Morgan fingerprint density at radius 3 is 2.65 bits per heavy atom. The third-order valence-electron chi connectivity index (χ3n) is 5.28. The SMILES string of the molecule is COc1ccccc1-n1c(SCC(=O)N2CCC(C(N)=O)CC2)nnc1-c1ccco1. The summed E-state index contributed by atoms with van der Waals surface area (Å²) in [5.74, 6) is 1.47. The number of hydrogen-bond acceptors (Lipinski definition) is 7. The Morgan fingerprint density at radius 1 is 1.19 bits per heavy atom. The first-order valence-corrected chi connectivity index (χ1v) is 10.9. The van der Waals surface area contributed by atoms with Crippen molar-refractivity contribution in [2.24, 2.45) is 11.7 Å². The van der Waals surface area contributed by atoms with E-state index in [0.29, 0.717) is 48.4 Å². The Kier molecular flexibility index (Phi) is 6.26. The predicted octanol–water partition coefficient (Wildman–Crippen LogP) is 2.35. The minimum absolute atomic E-state index is 0.0120. The van der Waals surface area contributed by atoms with E-state index >= 15 is 0 Å². The number of aromatic nitrogens is 3. The smallest absolute Gasteiger partial charge is 0.233 e. The maximum absolute atomic E-state index is 12.7. The van der Waals surface area contributed by atoms with E-state index in [1.807, 2.05) is 28.8 Å². The molecule has 3 aromatic rings. The second-order valence-electron chi connectivity index (χ2n) is 7.14. The van der Waals surface area contributed by atoms with Crippen LogP contribution in [0.3, 0.4) is 0 Å². The van der Waals surface area contributed by atoms with Gasteiger partial charge in [-0.05, 0) is 37.1 Å². The highest BCUT2D eigenvalue weighted by Gasteiger charge is 2.27. The van der Waals surface area contributed by atoms with E-state index in [2.05, 4.69) is 10.2 Å². The summed E-state index contributed by atoms with van der Waals surface area (Å²) < 4.78 is 12.9. The molecular formula is C21H23N5O4S. The fourth-order valence-electron chi connectivity index (χ4n) is 3.59. The zero-order chi connectivity index (χ0) is 21.8. The number of nitrogens with two attached hydrogens (primary N) is 1. The molecule has 0 bridgehead atoms. The Labute approximate surface area is 183 Å². The van der Waals surface area contributed by atoms with Crippen molar-refractivity contribution >= 4 is 23.6 Å². The van der Waals surface area contributed by atoms with Crippen LogP contribution < -0.4 is 10.5 Å². The van der Waals surface area contributed by atoms with Crippen molar-refractivity contribution < 1.29 is 18.7 Å². The molecule has 2 N–H and O–H groups in total. The molecule has 0 unspecified atom stereocenters. The van der Waals surface area contributed by atoms with Crippen LogP contribution in [-0.4, -0.2) is 57.4 Å². The van der Waals surface area contributed by atoms with Gasteiger partial charge in [0.2, 0.25) is 17.6 Å². The van der Waals surface area contributed by atoms with Gasteiger partial charge in [-0.25, -0.2) is 0 Å². The number of likely N-dealkylation sites (tertiary alicyclic amines) is 1. The molecule has 0 spiro atoms. The van der Waals surface area contributed by atoms with Gasteiger partial charge >= 0.3 is 0 Å². The van der Waals surface area contributed by atoms with E-state index in [9.17, 15) is 9.59 Å². The fraction of sp³-hybridized carbons (Fsp3) is 0.333. The molecule has 0 aliphatic carbocycles. The van der Waals surface area contributed by atoms with E-state index in [4.69, 9.17) is 14.9 Å². The lowest BCUT2D eigenvalue weighted by atomic mass is 9.96. The topological polar surface area (TPSA) is 116 Å². The van der Waals surface area contributed by atoms with Crippen LogP contribution in [0.25, 0.3) is 17.3 Å². The molecule has 2 aromatic heterocycles. The van der Waals surface area contributed by atoms with E-state index in [-0.39, 0.29) is 23.5 Å². The fourth-order valence-corrected chi connectivity index (χ4v) is 4.44. The zero-order valence-corrected chi connectivity index (χ0v) is 17.9. The molecular weight excluding hydrogens is 418 g/mol. The van der Waals surface area contributed by atoms with Crippen LogP contribution in [0.15, 0.2) is 52.2 Å². The van der Waals surface area contributed by atoms with Gasteiger partial charge in [0.05, 0.1) is 24.8 Å². The second-order valence-corrected chi connectivity index (χ2v) is 8.08. The molecule has 3 heterocycles. The molecule has 2 amide bonds. The van der Waals surface area contributed by atoms with Crippen LogP contribution in [0.4, 0.5) is 0 Å². The molecule has 1 fully saturated rings. The third kappa shape index (κ3) is 4.43. The number of furan rings is 1. The highest BCUT2D eigenvalue weighted by atomic mass is 32.2. The number of nitrogens with zero attached hydrogens (tertiary/aromatic N) is 4. The summed E-state index contributed by atoms with van der Waals surface area (Å²) in [7, 11) is 1.60. The van der Waals surface area contributed by atoms with Crippen LogP contribution in [-0.2, 0) is 9.59 Å². The number of piperidine rings is 1. The molecule has 9 nitrogen and oxygen atoms in total. The van der Waals surface area contributed by atoms with Crippen molar-refractivity contribution in [1.29, 1.82) is 0 Å².